The van der Waals surface area contributed by atoms with Gasteiger partial charge in [0.15, 0.2) is 0 Å². The Balaban J connectivity index is 2.03. The van der Waals surface area contributed by atoms with Crippen molar-refractivity contribution < 1.29 is 5.11 Å². The van der Waals surface area contributed by atoms with Crippen molar-refractivity contribution in [3.05, 3.63) is 23.9 Å². The lowest BCUT2D eigenvalue weighted by Gasteiger charge is -2.28. The van der Waals surface area contributed by atoms with Gasteiger partial charge in [-0.15, -0.1) is 0 Å². The SMILES string of the molecule is CN(c1ccc(CO)cn1)C1CCCCCC1. The molecule has 0 spiro atoms. The van der Waals surface area contributed by atoms with E-state index in [0.29, 0.717) is 6.04 Å². The van der Waals surface area contributed by atoms with Crippen LogP contribution < -0.4 is 4.90 Å². The van der Waals surface area contributed by atoms with Crippen LogP contribution in [-0.2, 0) is 6.61 Å². The summed E-state index contributed by atoms with van der Waals surface area (Å²) >= 11 is 0. The predicted molar refractivity (Wildman–Crippen MR) is 70.1 cm³/mol. The van der Waals surface area contributed by atoms with Gasteiger partial charge in [0.2, 0.25) is 0 Å². The van der Waals surface area contributed by atoms with Crippen LogP contribution in [0.4, 0.5) is 5.82 Å². The van der Waals surface area contributed by atoms with Crippen LogP contribution in [0.5, 0.6) is 0 Å². The van der Waals surface area contributed by atoms with E-state index in [1.54, 1.807) is 6.20 Å². The highest BCUT2D eigenvalue weighted by molar-refractivity contribution is 5.39. The molecule has 1 aliphatic carbocycles. The Morgan fingerprint density at radius 3 is 2.47 bits per heavy atom. The average Bonchev–Trinajstić information content (AvgIpc) is 2.67. The van der Waals surface area contributed by atoms with Gasteiger partial charge in [0.1, 0.15) is 5.82 Å². The Morgan fingerprint density at radius 1 is 1.24 bits per heavy atom. The molecule has 0 bridgehead atoms. The highest BCUT2D eigenvalue weighted by atomic mass is 16.3. The Morgan fingerprint density at radius 2 is 1.94 bits per heavy atom. The summed E-state index contributed by atoms with van der Waals surface area (Å²) in [5.41, 5.74) is 0.878. The minimum atomic E-state index is 0.0699. The molecule has 0 aromatic carbocycles. The molecule has 3 heteroatoms. The molecule has 1 heterocycles. The second-order valence-electron chi connectivity index (χ2n) is 4.94. The van der Waals surface area contributed by atoms with Crippen molar-refractivity contribution >= 4 is 5.82 Å². The van der Waals surface area contributed by atoms with E-state index in [4.69, 9.17) is 5.11 Å². The summed E-state index contributed by atoms with van der Waals surface area (Å²) < 4.78 is 0. The van der Waals surface area contributed by atoms with Crippen LogP contribution in [0, 0.1) is 0 Å². The summed E-state index contributed by atoms with van der Waals surface area (Å²) in [6.07, 6.45) is 9.75. The van der Waals surface area contributed by atoms with Crippen molar-refractivity contribution in [2.45, 2.75) is 51.2 Å². The van der Waals surface area contributed by atoms with Crippen LogP contribution in [0.3, 0.4) is 0 Å². The largest absolute Gasteiger partial charge is 0.392 e. The summed E-state index contributed by atoms with van der Waals surface area (Å²) in [6, 6.07) is 4.59. The smallest absolute Gasteiger partial charge is 0.128 e. The van der Waals surface area contributed by atoms with E-state index in [1.165, 1.54) is 38.5 Å². The number of aliphatic hydroxyl groups excluding tert-OH is 1. The molecule has 0 atom stereocenters. The number of aliphatic hydroxyl groups is 1. The lowest BCUT2D eigenvalue weighted by molar-refractivity contribution is 0.281. The first-order valence-electron chi connectivity index (χ1n) is 6.60. The molecule has 94 valence electrons. The van der Waals surface area contributed by atoms with Gasteiger partial charge < -0.3 is 10.0 Å². The van der Waals surface area contributed by atoms with Gasteiger partial charge in [-0.2, -0.15) is 0 Å². The van der Waals surface area contributed by atoms with E-state index in [-0.39, 0.29) is 6.61 Å². The third-order valence-corrected chi connectivity index (χ3v) is 3.73. The third kappa shape index (κ3) is 3.19. The zero-order valence-corrected chi connectivity index (χ0v) is 10.6. The number of anilines is 1. The van der Waals surface area contributed by atoms with Crippen molar-refractivity contribution in [3.8, 4) is 0 Å². The maximum absolute atomic E-state index is 9.00. The quantitative estimate of drug-likeness (QED) is 0.817. The zero-order chi connectivity index (χ0) is 12.1. The predicted octanol–water partition coefficient (Wildman–Crippen LogP) is 2.73. The van der Waals surface area contributed by atoms with Gasteiger partial charge in [0.05, 0.1) is 6.61 Å². The minimum Gasteiger partial charge on any atom is -0.392 e. The van der Waals surface area contributed by atoms with Crippen LogP contribution in [0.15, 0.2) is 18.3 Å². The van der Waals surface area contributed by atoms with Gasteiger partial charge in [-0.05, 0) is 24.5 Å². The molecule has 17 heavy (non-hydrogen) atoms. The second kappa shape index (κ2) is 6.01. The number of hydrogen-bond acceptors (Lipinski definition) is 3. The summed E-state index contributed by atoms with van der Waals surface area (Å²) in [5.74, 6) is 1.02. The maximum atomic E-state index is 9.00. The van der Waals surface area contributed by atoms with Crippen molar-refractivity contribution in [2.24, 2.45) is 0 Å². The summed E-state index contributed by atoms with van der Waals surface area (Å²) in [6.45, 7) is 0.0699. The zero-order valence-electron chi connectivity index (χ0n) is 10.6. The van der Waals surface area contributed by atoms with Gasteiger partial charge in [0.25, 0.3) is 0 Å². The normalized spacial score (nSPS) is 17.8. The van der Waals surface area contributed by atoms with Crippen LogP contribution in [-0.4, -0.2) is 23.2 Å². The number of rotatable bonds is 3. The molecular weight excluding hydrogens is 212 g/mol. The Labute approximate surface area is 103 Å². The number of nitrogens with zero attached hydrogens (tertiary/aromatic N) is 2. The molecule has 0 aliphatic heterocycles. The number of aromatic nitrogens is 1. The minimum absolute atomic E-state index is 0.0699. The molecule has 0 amide bonds. The molecule has 1 aromatic rings. The van der Waals surface area contributed by atoms with E-state index in [0.717, 1.165) is 11.4 Å². The second-order valence-corrected chi connectivity index (χ2v) is 4.94. The van der Waals surface area contributed by atoms with E-state index in [1.807, 2.05) is 12.1 Å². The first-order valence-corrected chi connectivity index (χ1v) is 6.60. The van der Waals surface area contributed by atoms with Gasteiger partial charge in [-0.25, -0.2) is 4.98 Å². The molecular formula is C14H22N2O. The highest BCUT2D eigenvalue weighted by Gasteiger charge is 2.17. The molecule has 0 unspecified atom stereocenters. The average molecular weight is 234 g/mol. The van der Waals surface area contributed by atoms with Crippen molar-refractivity contribution in [3.63, 3.8) is 0 Å². The molecule has 1 aliphatic rings. The third-order valence-electron chi connectivity index (χ3n) is 3.73. The monoisotopic (exact) mass is 234 g/mol. The van der Waals surface area contributed by atoms with Crippen molar-refractivity contribution in [2.75, 3.05) is 11.9 Å². The van der Waals surface area contributed by atoms with Crippen LogP contribution in [0.25, 0.3) is 0 Å². The molecule has 2 rings (SSSR count). The molecule has 3 nitrogen and oxygen atoms in total. The van der Waals surface area contributed by atoms with Crippen LogP contribution >= 0.6 is 0 Å². The lowest BCUT2D eigenvalue weighted by atomic mass is 10.1. The molecule has 1 fully saturated rings. The summed E-state index contributed by atoms with van der Waals surface area (Å²) in [7, 11) is 2.14. The van der Waals surface area contributed by atoms with Crippen molar-refractivity contribution in [1.29, 1.82) is 0 Å². The van der Waals surface area contributed by atoms with E-state index < -0.39 is 0 Å². The van der Waals surface area contributed by atoms with Crippen LogP contribution in [0.1, 0.15) is 44.1 Å². The van der Waals surface area contributed by atoms with Gasteiger partial charge in [0, 0.05) is 19.3 Å². The molecule has 1 N–H and O–H groups in total. The molecule has 0 radical (unpaired) electrons. The van der Waals surface area contributed by atoms with E-state index in [9.17, 15) is 0 Å². The van der Waals surface area contributed by atoms with Crippen molar-refractivity contribution in [1.82, 2.24) is 4.98 Å². The Hall–Kier alpha value is -1.09. The highest BCUT2D eigenvalue weighted by Crippen LogP contribution is 2.24. The Bertz CT molecular complexity index is 329. The molecule has 1 saturated carbocycles. The summed E-state index contributed by atoms with van der Waals surface area (Å²) in [5, 5.41) is 9.00. The topological polar surface area (TPSA) is 36.4 Å². The number of hydrogen-bond donors (Lipinski definition) is 1. The van der Waals surface area contributed by atoms with E-state index in [2.05, 4.69) is 16.9 Å². The van der Waals surface area contributed by atoms with Crippen LogP contribution in [0.2, 0.25) is 0 Å². The molecule has 1 aromatic heterocycles. The molecule has 0 saturated heterocycles. The lowest BCUT2D eigenvalue weighted by Crippen LogP contribution is -2.31. The first kappa shape index (κ1) is 12.4. The van der Waals surface area contributed by atoms with E-state index >= 15 is 0 Å². The summed E-state index contributed by atoms with van der Waals surface area (Å²) in [4.78, 5) is 6.72. The van der Waals surface area contributed by atoms with Gasteiger partial charge in [-0.3, -0.25) is 0 Å². The first-order chi connectivity index (χ1) is 8.31. The fraction of sp³-hybridized carbons (Fsp3) is 0.643. The fourth-order valence-electron chi connectivity index (χ4n) is 2.55. The van der Waals surface area contributed by atoms with Gasteiger partial charge >= 0.3 is 0 Å². The maximum Gasteiger partial charge on any atom is 0.128 e. The standard InChI is InChI=1S/C14H22N2O/c1-16(13-6-4-2-3-5-7-13)14-9-8-12(11-17)10-15-14/h8-10,13,17H,2-7,11H2,1H3. The van der Waals surface area contributed by atoms with Gasteiger partial charge in [-0.1, -0.05) is 31.7 Å². The Kier molecular flexibility index (Phi) is 4.37. The fourth-order valence-corrected chi connectivity index (χ4v) is 2.55. The number of pyridine rings is 1.